The number of rotatable bonds is 2. The Bertz CT molecular complexity index is 501. The highest BCUT2D eigenvalue weighted by Crippen LogP contribution is 2.25. The quantitative estimate of drug-likeness (QED) is 0.785. The lowest BCUT2D eigenvalue weighted by Gasteiger charge is -2.06. The zero-order valence-corrected chi connectivity index (χ0v) is 10.5. The molecule has 2 rings (SSSR count). The highest BCUT2D eigenvalue weighted by atomic mass is 79.9. The van der Waals surface area contributed by atoms with Gasteiger partial charge in [-0.25, -0.2) is 4.98 Å². The molecule has 0 saturated heterocycles. The van der Waals surface area contributed by atoms with E-state index in [1.807, 2.05) is 24.3 Å². The van der Waals surface area contributed by atoms with Crippen molar-refractivity contribution < 1.29 is 4.74 Å². The van der Waals surface area contributed by atoms with E-state index in [1.165, 1.54) is 0 Å². The standard InChI is InChI=1S/C11H9BrClNO/c1-15-11-8(6-13)4-7-5-9(12)2-3-10(7)14-11/h2-5H,6H2,1H3. The number of aromatic nitrogens is 1. The second-order valence-electron chi connectivity index (χ2n) is 3.13. The normalized spacial score (nSPS) is 10.6. The van der Waals surface area contributed by atoms with Crippen LogP contribution in [0.25, 0.3) is 10.9 Å². The van der Waals surface area contributed by atoms with Crippen LogP contribution in [0.15, 0.2) is 28.7 Å². The van der Waals surface area contributed by atoms with Gasteiger partial charge in [0.15, 0.2) is 0 Å². The van der Waals surface area contributed by atoms with Crippen LogP contribution in [-0.2, 0) is 5.88 Å². The lowest BCUT2D eigenvalue weighted by atomic mass is 10.2. The van der Waals surface area contributed by atoms with Crippen LogP contribution in [0.1, 0.15) is 5.56 Å². The summed E-state index contributed by atoms with van der Waals surface area (Å²) in [6, 6.07) is 7.91. The summed E-state index contributed by atoms with van der Waals surface area (Å²) in [5.74, 6) is 0.998. The molecule has 0 aliphatic rings. The van der Waals surface area contributed by atoms with Crippen molar-refractivity contribution in [3.63, 3.8) is 0 Å². The smallest absolute Gasteiger partial charge is 0.218 e. The Morgan fingerprint density at radius 3 is 2.87 bits per heavy atom. The Kier molecular flexibility index (Phi) is 3.12. The molecule has 1 aromatic carbocycles. The van der Waals surface area contributed by atoms with Gasteiger partial charge in [-0.2, -0.15) is 0 Å². The highest BCUT2D eigenvalue weighted by Gasteiger charge is 2.06. The molecule has 0 N–H and O–H groups in total. The summed E-state index contributed by atoms with van der Waals surface area (Å²) in [5.41, 5.74) is 1.81. The summed E-state index contributed by atoms with van der Waals surface area (Å²) < 4.78 is 6.20. The molecular formula is C11H9BrClNO. The molecule has 0 bridgehead atoms. The maximum Gasteiger partial charge on any atom is 0.218 e. The Hall–Kier alpha value is -0.800. The van der Waals surface area contributed by atoms with Gasteiger partial charge in [-0.05, 0) is 24.3 Å². The van der Waals surface area contributed by atoms with E-state index < -0.39 is 0 Å². The Morgan fingerprint density at radius 1 is 1.40 bits per heavy atom. The second-order valence-corrected chi connectivity index (χ2v) is 4.31. The van der Waals surface area contributed by atoms with Crippen LogP contribution in [0.3, 0.4) is 0 Å². The summed E-state index contributed by atoms with van der Waals surface area (Å²) in [7, 11) is 1.60. The maximum absolute atomic E-state index is 5.82. The fourth-order valence-electron chi connectivity index (χ4n) is 1.45. The average Bonchev–Trinajstić information content (AvgIpc) is 2.27. The van der Waals surface area contributed by atoms with Gasteiger partial charge in [0, 0.05) is 15.4 Å². The van der Waals surface area contributed by atoms with Crippen molar-refractivity contribution in [3.8, 4) is 5.88 Å². The van der Waals surface area contributed by atoms with E-state index in [9.17, 15) is 0 Å². The lowest BCUT2D eigenvalue weighted by molar-refractivity contribution is 0.396. The molecule has 4 heteroatoms. The minimum absolute atomic E-state index is 0.401. The van der Waals surface area contributed by atoms with Crippen LogP contribution in [0.4, 0.5) is 0 Å². The Balaban J connectivity index is 2.69. The monoisotopic (exact) mass is 285 g/mol. The zero-order valence-electron chi connectivity index (χ0n) is 8.13. The number of fused-ring (bicyclic) bond motifs is 1. The first-order valence-electron chi connectivity index (χ1n) is 4.43. The van der Waals surface area contributed by atoms with Gasteiger partial charge >= 0.3 is 0 Å². The number of nitrogens with zero attached hydrogens (tertiary/aromatic N) is 1. The first kappa shape index (κ1) is 10.7. The van der Waals surface area contributed by atoms with E-state index in [2.05, 4.69) is 20.9 Å². The van der Waals surface area contributed by atoms with Crippen LogP contribution < -0.4 is 4.74 Å². The van der Waals surface area contributed by atoms with Crippen molar-refractivity contribution in [2.75, 3.05) is 7.11 Å². The van der Waals surface area contributed by atoms with Gasteiger partial charge in [0.05, 0.1) is 18.5 Å². The minimum atomic E-state index is 0.401. The second kappa shape index (κ2) is 4.37. The molecule has 15 heavy (non-hydrogen) atoms. The van der Waals surface area contributed by atoms with Gasteiger partial charge in [0.25, 0.3) is 0 Å². The third kappa shape index (κ3) is 2.08. The van der Waals surface area contributed by atoms with Crippen LogP contribution in [-0.4, -0.2) is 12.1 Å². The molecule has 0 spiro atoms. The molecular weight excluding hydrogens is 277 g/mol. The van der Waals surface area contributed by atoms with Gasteiger partial charge in [0.1, 0.15) is 0 Å². The predicted octanol–water partition coefficient (Wildman–Crippen LogP) is 3.74. The molecule has 0 saturated carbocycles. The topological polar surface area (TPSA) is 22.1 Å². The van der Waals surface area contributed by atoms with Gasteiger partial charge in [0.2, 0.25) is 5.88 Å². The van der Waals surface area contributed by atoms with E-state index >= 15 is 0 Å². The third-order valence-corrected chi connectivity index (χ3v) is 2.93. The number of halogens is 2. The van der Waals surface area contributed by atoms with Crippen LogP contribution >= 0.6 is 27.5 Å². The van der Waals surface area contributed by atoms with Gasteiger partial charge < -0.3 is 4.74 Å². The molecule has 0 aliphatic carbocycles. The number of benzene rings is 1. The molecule has 0 amide bonds. The molecule has 0 fully saturated rings. The minimum Gasteiger partial charge on any atom is -0.481 e. The van der Waals surface area contributed by atoms with Gasteiger partial charge in [-0.1, -0.05) is 15.9 Å². The largest absolute Gasteiger partial charge is 0.481 e. The van der Waals surface area contributed by atoms with E-state index in [4.69, 9.17) is 16.3 Å². The number of hydrogen-bond acceptors (Lipinski definition) is 2. The molecule has 1 aromatic heterocycles. The van der Waals surface area contributed by atoms with Gasteiger partial charge in [-0.3, -0.25) is 0 Å². The fourth-order valence-corrected chi connectivity index (χ4v) is 2.02. The van der Waals surface area contributed by atoms with Crippen molar-refractivity contribution in [1.82, 2.24) is 4.98 Å². The summed E-state index contributed by atoms with van der Waals surface area (Å²) in [5, 5.41) is 1.06. The molecule has 78 valence electrons. The number of methoxy groups -OCH3 is 1. The number of ether oxygens (including phenoxy) is 1. The molecule has 0 radical (unpaired) electrons. The Morgan fingerprint density at radius 2 is 2.20 bits per heavy atom. The maximum atomic E-state index is 5.82. The SMILES string of the molecule is COc1nc2ccc(Br)cc2cc1CCl. The average molecular weight is 287 g/mol. The molecule has 2 nitrogen and oxygen atoms in total. The van der Waals surface area contributed by atoms with Crippen LogP contribution in [0.5, 0.6) is 5.88 Å². The predicted molar refractivity (Wildman–Crippen MR) is 65.6 cm³/mol. The molecule has 0 unspecified atom stereocenters. The summed E-state index contributed by atoms with van der Waals surface area (Å²) in [6.07, 6.45) is 0. The van der Waals surface area contributed by atoms with Crippen molar-refractivity contribution in [2.24, 2.45) is 0 Å². The first-order valence-corrected chi connectivity index (χ1v) is 5.76. The summed E-state index contributed by atoms with van der Waals surface area (Å²) >= 11 is 9.24. The van der Waals surface area contributed by atoms with Crippen LogP contribution in [0.2, 0.25) is 0 Å². The first-order chi connectivity index (χ1) is 7.24. The van der Waals surface area contributed by atoms with E-state index in [0.717, 1.165) is 20.9 Å². The Labute approximate surface area is 101 Å². The molecule has 0 atom stereocenters. The van der Waals surface area contributed by atoms with E-state index in [0.29, 0.717) is 11.8 Å². The van der Waals surface area contributed by atoms with Crippen LogP contribution in [0, 0.1) is 0 Å². The fraction of sp³-hybridized carbons (Fsp3) is 0.182. The number of pyridine rings is 1. The number of alkyl halides is 1. The molecule has 0 aliphatic heterocycles. The van der Waals surface area contributed by atoms with Crippen molar-refractivity contribution in [1.29, 1.82) is 0 Å². The number of hydrogen-bond donors (Lipinski definition) is 0. The van der Waals surface area contributed by atoms with E-state index in [-0.39, 0.29) is 0 Å². The van der Waals surface area contributed by atoms with Gasteiger partial charge in [-0.15, -0.1) is 11.6 Å². The zero-order chi connectivity index (χ0) is 10.8. The molecule has 1 heterocycles. The van der Waals surface area contributed by atoms with Crippen molar-refractivity contribution in [2.45, 2.75) is 5.88 Å². The summed E-state index contributed by atoms with van der Waals surface area (Å²) in [4.78, 5) is 4.38. The molecule has 2 aromatic rings. The summed E-state index contributed by atoms with van der Waals surface area (Å²) in [6.45, 7) is 0. The third-order valence-electron chi connectivity index (χ3n) is 2.15. The highest BCUT2D eigenvalue weighted by molar-refractivity contribution is 9.10. The van der Waals surface area contributed by atoms with Crippen molar-refractivity contribution >= 4 is 38.4 Å². The van der Waals surface area contributed by atoms with Crippen molar-refractivity contribution in [3.05, 3.63) is 34.3 Å². The van der Waals surface area contributed by atoms with E-state index in [1.54, 1.807) is 7.11 Å². The lowest BCUT2D eigenvalue weighted by Crippen LogP contribution is -1.93.